The number of halogens is 1. The van der Waals surface area contributed by atoms with Crippen LogP contribution < -0.4 is 20.8 Å². The molecule has 2 N–H and O–H groups in total. The van der Waals surface area contributed by atoms with Crippen LogP contribution in [0.2, 0.25) is 0 Å². The number of nitrogens with zero attached hydrogens (tertiary/aromatic N) is 2. The average Bonchev–Trinajstić information content (AvgIpc) is 2.44. The molecule has 0 atom stereocenters. The lowest BCUT2D eigenvalue weighted by atomic mass is 10.1. The Morgan fingerprint density at radius 1 is 1.30 bits per heavy atom. The first kappa shape index (κ1) is 13.0. The minimum absolute atomic E-state index is 0.158. The van der Waals surface area contributed by atoms with Crippen molar-refractivity contribution >= 4 is 21.6 Å². The van der Waals surface area contributed by atoms with Crippen LogP contribution in [0.5, 0.6) is 11.5 Å². The van der Waals surface area contributed by atoms with Crippen molar-refractivity contribution in [1.82, 2.24) is 9.55 Å². The van der Waals surface area contributed by atoms with Gasteiger partial charge in [0, 0.05) is 18.0 Å². The number of anilines is 1. The molecule has 1 aliphatic heterocycles. The normalized spacial score (nSPS) is 13.2. The van der Waals surface area contributed by atoms with Gasteiger partial charge in [-0.05, 0) is 27.6 Å². The van der Waals surface area contributed by atoms with E-state index in [1.807, 2.05) is 0 Å². The van der Waals surface area contributed by atoms with Crippen molar-refractivity contribution in [1.29, 1.82) is 0 Å². The third-order valence-corrected chi connectivity index (χ3v) is 3.55. The molecule has 0 fully saturated rings. The zero-order valence-electron chi connectivity index (χ0n) is 10.5. The molecule has 0 spiro atoms. The molecular formula is C13H12BrN3O3. The van der Waals surface area contributed by atoms with Crippen LogP contribution >= 0.6 is 15.9 Å². The molecule has 1 aromatic carbocycles. The Hall–Kier alpha value is -2.02. The number of fused-ring (bicyclic) bond motifs is 1. The van der Waals surface area contributed by atoms with Crippen molar-refractivity contribution in [3.05, 3.63) is 45.0 Å². The zero-order chi connectivity index (χ0) is 14.1. The maximum atomic E-state index is 12.0. The summed E-state index contributed by atoms with van der Waals surface area (Å²) in [7, 11) is 0. The van der Waals surface area contributed by atoms with Gasteiger partial charge >= 0.3 is 0 Å². The van der Waals surface area contributed by atoms with Crippen LogP contribution in [0.25, 0.3) is 0 Å². The molecule has 3 rings (SSSR count). The van der Waals surface area contributed by atoms with E-state index in [-0.39, 0.29) is 5.56 Å². The Bertz CT molecular complexity index is 714. The van der Waals surface area contributed by atoms with Gasteiger partial charge in [0.2, 0.25) is 0 Å². The van der Waals surface area contributed by atoms with Gasteiger partial charge in [-0.15, -0.1) is 0 Å². The van der Waals surface area contributed by atoms with E-state index in [0.717, 1.165) is 5.56 Å². The van der Waals surface area contributed by atoms with Gasteiger partial charge in [-0.25, -0.2) is 4.98 Å². The van der Waals surface area contributed by atoms with E-state index in [2.05, 4.69) is 20.9 Å². The summed E-state index contributed by atoms with van der Waals surface area (Å²) >= 11 is 3.17. The third-order valence-electron chi connectivity index (χ3n) is 3.00. The third kappa shape index (κ3) is 2.36. The molecular weight excluding hydrogens is 326 g/mol. The second-order valence-electron chi connectivity index (χ2n) is 4.37. The van der Waals surface area contributed by atoms with E-state index in [1.54, 1.807) is 12.1 Å². The maximum absolute atomic E-state index is 12.0. The number of nitrogens with two attached hydrogens (primary N) is 1. The van der Waals surface area contributed by atoms with Crippen LogP contribution in [0.4, 0.5) is 5.69 Å². The fourth-order valence-electron chi connectivity index (χ4n) is 2.00. The van der Waals surface area contributed by atoms with Crippen LogP contribution in [0.15, 0.2) is 33.9 Å². The number of hydrogen-bond donors (Lipinski definition) is 1. The van der Waals surface area contributed by atoms with Crippen molar-refractivity contribution < 1.29 is 9.47 Å². The number of rotatable bonds is 2. The van der Waals surface area contributed by atoms with Crippen LogP contribution in [-0.2, 0) is 6.54 Å². The summed E-state index contributed by atoms with van der Waals surface area (Å²) in [6.45, 7) is 1.35. The topological polar surface area (TPSA) is 79.4 Å². The van der Waals surface area contributed by atoms with Crippen molar-refractivity contribution in [2.24, 2.45) is 0 Å². The number of nitrogen functional groups attached to an aromatic ring is 1. The Labute approximate surface area is 123 Å². The first-order valence-electron chi connectivity index (χ1n) is 6.03. The predicted molar refractivity (Wildman–Crippen MR) is 77.1 cm³/mol. The smallest absolute Gasteiger partial charge is 0.267 e. The molecule has 104 valence electrons. The summed E-state index contributed by atoms with van der Waals surface area (Å²) < 4.78 is 12.9. The van der Waals surface area contributed by atoms with Gasteiger partial charge in [0.15, 0.2) is 11.5 Å². The van der Waals surface area contributed by atoms with Gasteiger partial charge in [0.25, 0.3) is 5.56 Å². The van der Waals surface area contributed by atoms with Gasteiger partial charge in [-0.3, -0.25) is 9.36 Å². The number of aromatic nitrogens is 2. The minimum atomic E-state index is -0.158. The molecule has 0 saturated heterocycles. The molecule has 0 aliphatic carbocycles. The quantitative estimate of drug-likeness (QED) is 0.838. The molecule has 7 heteroatoms. The average molecular weight is 338 g/mol. The lowest BCUT2D eigenvalue weighted by molar-refractivity contribution is 0.171. The number of hydrogen-bond acceptors (Lipinski definition) is 5. The fraction of sp³-hybridized carbons (Fsp3) is 0.231. The van der Waals surface area contributed by atoms with E-state index in [4.69, 9.17) is 15.2 Å². The van der Waals surface area contributed by atoms with Gasteiger partial charge in [0.1, 0.15) is 17.7 Å². The molecule has 0 radical (unpaired) electrons. The molecule has 1 aromatic heterocycles. The van der Waals surface area contributed by atoms with Crippen molar-refractivity contribution in [3.8, 4) is 11.5 Å². The lowest BCUT2D eigenvalue weighted by Crippen LogP contribution is -2.22. The highest BCUT2D eigenvalue weighted by Gasteiger charge is 2.15. The van der Waals surface area contributed by atoms with Crippen LogP contribution in [-0.4, -0.2) is 22.8 Å². The predicted octanol–water partition coefficient (Wildman–Crippen LogP) is 1.41. The molecule has 6 nitrogen and oxygen atoms in total. The summed E-state index contributed by atoms with van der Waals surface area (Å²) in [5, 5.41) is 0. The molecule has 0 unspecified atom stereocenters. The highest BCUT2D eigenvalue weighted by molar-refractivity contribution is 9.10. The second-order valence-corrected chi connectivity index (χ2v) is 5.22. The van der Waals surface area contributed by atoms with Crippen molar-refractivity contribution in [2.75, 3.05) is 18.9 Å². The van der Waals surface area contributed by atoms with Gasteiger partial charge in [0.05, 0.1) is 12.9 Å². The molecule has 0 bridgehead atoms. The number of benzene rings is 1. The Balaban J connectivity index is 1.98. The van der Waals surface area contributed by atoms with Gasteiger partial charge < -0.3 is 15.2 Å². The minimum Gasteiger partial charge on any atom is -0.486 e. The van der Waals surface area contributed by atoms with Crippen LogP contribution in [0.3, 0.4) is 0 Å². The van der Waals surface area contributed by atoms with Crippen LogP contribution in [0, 0.1) is 0 Å². The highest BCUT2D eigenvalue weighted by Crippen LogP contribution is 2.34. The first-order chi connectivity index (χ1) is 9.65. The second kappa shape index (κ2) is 5.16. The Morgan fingerprint density at radius 3 is 2.75 bits per heavy atom. The summed E-state index contributed by atoms with van der Waals surface area (Å²) in [5.74, 6) is 1.29. The summed E-state index contributed by atoms with van der Waals surface area (Å²) in [6, 6.07) is 3.53. The molecule has 1 aliphatic rings. The van der Waals surface area contributed by atoms with E-state index < -0.39 is 0 Å². The van der Waals surface area contributed by atoms with Crippen molar-refractivity contribution in [3.63, 3.8) is 0 Å². The Morgan fingerprint density at radius 2 is 2.00 bits per heavy atom. The van der Waals surface area contributed by atoms with Gasteiger partial charge in [-0.1, -0.05) is 0 Å². The molecule has 2 aromatic rings. The maximum Gasteiger partial charge on any atom is 0.267 e. The molecule has 2 heterocycles. The fourth-order valence-corrected chi connectivity index (χ4v) is 2.35. The molecule has 0 amide bonds. The summed E-state index contributed by atoms with van der Waals surface area (Å²) in [5.41, 5.74) is 7.18. The van der Waals surface area contributed by atoms with Gasteiger partial charge in [-0.2, -0.15) is 0 Å². The van der Waals surface area contributed by atoms with E-state index in [1.165, 1.54) is 17.1 Å². The van der Waals surface area contributed by atoms with E-state index in [0.29, 0.717) is 41.4 Å². The first-order valence-corrected chi connectivity index (χ1v) is 6.82. The Kier molecular flexibility index (Phi) is 3.35. The largest absolute Gasteiger partial charge is 0.486 e. The molecule has 0 saturated carbocycles. The SMILES string of the molecule is Nc1cc2c(cc1Cn1cncc(Br)c1=O)OCCO2. The molecule has 20 heavy (non-hydrogen) atoms. The van der Waals surface area contributed by atoms with Crippen molar-refractivity contribution in [2.45, 2.75) is 6.54 Å². The van der Waals surface area contributed by atoms with Crippen LogP contribution in [0.1, 0.15) is 5.56 Å². The number of ether oxygens (including phenoxy) is 2. The van der Waals surface area contributed by atoms with E-state index in [9.17, 15) is 4.79 Å². The summed E-state index contributed by atoms with van der Waals surface area (Å²) in [6.07, 6.45) is 2.94. The highest BCUT2D eigenvalue weighted by atomic mass is 79.9. The monoisotopic (exact) mass is 337 g/mol. The standard InChI is InChI=1S/C13H12BrN3O3/c14-9-5-16-7-17(13(9)18)6-8-3-11-12(4-10(8)15)20-2-1-19-11/h3-5,7H,1-2,6,15H2. The zero-order valence-corrected chi connectivity index (χ0v) is 12.1. The summed E-state index contributed by atoms with van der Waals surface area (Å²) in [4.78, 5) is 15.9. The lowest BCUT2D eigenvalue weighted by Gasteiger charge is -2.20. The van der Waals surface area contributed by atoms with E-state index >= 15 is 0 Å².